The highest BCUT2D eigenvalue weighted by molar-refractivity contribution is 9.10. The van der Waals surface area contributed by atoms with E-state index in [2.05, 4.69) is 21.2 Å². The average molecular weight is 507 g/mol. The molecule has 3 rings (SSSR count). The Bertz CT molecular complexity index is 913. The first kappa shape index (κ1) is 24.0. The van der Waals surface area contributed by atoms with E-state index in [0.29, 0.717) is 31.7 Å². The Kier molecular flexibility index (Phi) is 8.11. The number of hydrogen-bond acceptors (Lipinski definition) is 6. The van der Waals surface area contributed by atoms with E-state index in [-0.39, 0.29) is 11.9 Å². The number of aromatic hydroxyl groups is 1. The van der Waals surface area contributed by atoms with Crippen molar-refractivity contribution in [3.8, 4) is 11.5 Å². The lowest BCUT2D eigenvalue weighted by molar-refractivity contribution is -0.154. The minimum Gasteiger partial charge on any atom is -0.508 e. The maximum Gasteiger partial charge on any atom is 0.254 e. The standard InChI is InChI=1S/C23H27BrN2O6/c1-14(15-2-4-16(24)5-3-15)25-22(30)20(28)21(29)23(31)26-12-10-19(11-13-26)32-18-8-6-17(27)7-9-18/h2-9,14,19-21,27-29H,10-13H2,1H3,(H,25,30)/t14-,20+,21+/m0/s1. The van der Waals surface area contributed by atoms with Gasteiger partial charge >= 0.3 is 0 Å². The van der Waals surface area contributed by atoms with E-state index in [1.807, 2.05) is 24.3 Å². The Hall–Kier alpha value is -2.62. The second-order valence-corrected chi connectivity index (χ2v) is 8.72. The molecule has 2 amide bonds. The molecule has 1 aliphatic heterocycles. The smallest absolute Gasteiger partial charge is 0.254 e. The molecule has 3 atom stereocenters. The van der Waals surface area contributed by atoms with Crippen LogP contribution in [0.4, 0.5) is 0 Å². The number of rotatable bonds is 7. The van der Waals surface area contributed by atoms with Gasteiger partial charge in [0.2, 0.25) is 0 Å². The monoisotopic (exact) mass is 506 g/mol. The Morgan fingerprint density at radius 3 is 2.22 bits per heavy atom. The summed E-state index contributed by atoms with van der Waals surface area (Å²) in [6.45, 7) is 2.42. The number of aliphatic hydroxyl groups is 2. The Labute approximate surface area is 194 Å². The number of nitrogens with zero attached hydrogens (tertiary/aromatic N) is 1. The van der Waals surface area contributed by atoms with Gasteiger partial charge in [-0.05, 0) is 48.9 Å². The van der Waals surface area contributed by atoms with E-state index in [1.165, 1.54) is 17.0 Å². The molecule has 1 fully saturated rings. The Morgan fingerprint density at radius 1 is 1.03 bits per heavy atom. The van der Waals surface area contributed by atoms with E-state index in [4.69, 9.17) is 4.74 Å². The molecule has 0 aliphatic carbocycles. The molecule has 32 heavy (non-hydrogen) atoms. The number of amides is 2. The number of carbonyl (C=O) groups excluding carboxylic acids is 2. The van der Waals surface area contributed by atoms with Crippen LogP contribution in [-0.4, -0.2) is 63.4 Å². The van der Waals surface area contributed by atoms with Gasteiger partial charge in [-0.3, -0.25) is 9.59 Å². The second kappa shape index (κ2) is 10.8. The third kappa shape index (κ3) is 6.21. The van der Waals surface area contributed by atoms with Gasteiger partial charge in [0.25, 0.3) is 11.8 Å². The number of nitrogens with one attached hydrogen (secondary N) is 1. The minimum atomic E-state index is -1.87. The summed E-state index contributed by atoms with van der Waals surface area (Å²) >= 11 is 3.34. The number of piperidine rings is 1. The van der Waals surface area contributed by atoms with E-state index in [0.717, 1.165) is 10.0 Å². The molecule has 0 saturated carbocycles. The number of likely N-dealkylation sites (tertiary alicyclic amines) is 1. The van der Waals surface area contributed by atoms with E-state index in [1.54, 1.807) is 19.1 Å². The van der Waals surface area contributed by atoms with Gasteiger partial charge in [0.1, 0.15) is 17.6 Å². The van der Waals surface area contributed by atoms with Crippen LogP contribution in [0.5, 0.6) is 11.5 Å². The molecular formula is C23H27BrN2O6. The zero-order valence-electron chi connectivity index (χ0n) is 17.6. The van der Waals surface area contributed by atoms with Gasteiger partial charge in [-0.15, -0.1) is 0 Å². The van der Waals surface area contributed by atoms with Crippen LogP contribution in [-0.2, 0) is 9.59 Å². The molecule has 2 aromatic carbocycles. The molecule has 0 unspecified atom stereocenters. The molecule has 0 aromatic heterocycles. The van der Waals surface area contributed by atoms with Crippen LogP contribution in [0.15, 0.2) is 53.0 Å². The van der Waals surface area contributed by atoms with Gasteiger partial charge in [0, 0.05) is 30.4 Å². The van der Waals surface area contributed by atoms with Gasteiger partial charge in [-0.25, -0.2) is 0 Å². The molecule has 1 saturated heterocycles. The third-order valence-electron chi connectivity index (χ3n) is 5.44. The summed E-state index contributed by atoms with van der Waals surface area (Å²) in [6, 6.07) is 13.3. The van der Waals surface area contributed by atoms with E-state index < -0.39 is 30.1 Å². The fourth-order valence-electron chi connectivity index (χ4n) is 3.51. The second-order valence-electron chi connectivity index (χ2n) is 7.81. The number of aliphatic hydroxyl groups excluding tert-OH is 2. The summed E-state index contributed by atoms with van der Waals surface area (Å²) in [5.41, 5.74) is 0.824. The number of carbonyl (C=O) groups is 2. The highest BCUT2D eigenvalue weighted by Crippen LogP contribution is 2.22. The van der Waals surface area contributed by atoms with Crippen LogP contribution in [0, 0.1) is 0 Å². The van der Waals surface area contributed by atoms with Crippen molar-refractivity contribution in [3.05, 3.63) is 58.6 Å². The van der Waals surface area contributed by atoms with Crippen LogP contribution >= 0.6 is 15.9 Å². The molecule has 1 aliphatic rings. The molecule has 0 spiro atoms. The van der Waals surface area contributed by atoms with Crippen molar-refractivity contribution in [3.63, 3.8) is 0 Å². The van der Waals surface area contributed by atoms with E-state index >= 15 is 0 Å². The molecule has 8 nitrogen and oxygen atoms in total. The first-order valence-electron chi connectivity index (χ1n) is 10.4. The summed E-state index contributed by atoms with van der Waals surface area (Å²) in [6.07, 6.45) is -2.74. The summed E-state index contributed by atoms with van der Waals surface area (Å²) in [7, 11) is 0. The van der Waals surface area contributed by atoms with Crippen molar-refractivity contribution < 1.29 is 29.6 Å². The highest BCUT2D eigenvalue weighted by Gasteiger charge is 2.35. The molecule has 4 N–H and O–H groups in total. The fraction of sp³-hybridized carbons (Fsp3) is 0.391. The predicted molar refractivity (Wildman–Crippen MR) is 121 cm³/mol. The van der Waals surface area contributed by atoms with Crippen LogP contribution in [0.2, 0.25) is 0 Å². The number of benzene rings is 2. The van der Waals surface area contributed by atoms with Gasteiger partial charge in [-0.2, -0.15) is 0 Å². The zero-order chi connectivity index (χ0) is 23.3. The molecule has 0 bridgehead atoms. The predicted octanol–water partition coefficient (Wildman–Crippen LogP) is 2.12. The largest absolute Gasteiger partial charge is 0.508 e. The molecule has 9 heteroatoms. The van der Waals surface area contributed by atoms with Gasteiger partial charge in [0.15, 0.2) is 12.2 Å². The lowest BCUT2D eigenvalue weighted by Gasteiger charge is -2.34. The third-order valence-corrected chi connectivity index (χ3v) is 5.97. The SMILES string of the molecule is C[C@H](NC(=O)[C@H](O)[C@@H](O)C(=O)N1CCC(Oc2ccc(O)cc2)CC1)c1ccc(Br)cc1. The summed E-state index contributed by atoms with van der Waals surface area (Å²) in [5, 5.41) is 32.5. The Balaban J connectivity index is 1.48. The fourth-order valence-corrected chi connectivity index (χ4v) is 3.77. The molecule has 0 radical (unpaired) electrons. The number of phenolic OH excluding ortho intramolecular Hbond substituents is 1. The van der Waals surface area contributed by atoms with Crippen molar-refractivity contribution >= 4 is 27.7 Å². The number of hydrogen-bond donors (Lipinski definition) is 4. The van der Waals surface area contributed by atoms with Crippen LogP contribution in [0.3, 0.4) is 0 Å². The minimum absolute atomic E-state index is 0.110. The van der Waals surface area contributed by atoms with Gasteiger partial charge in [0.05, 0.1) is 6.04 Å². The van der Waals surface area contributed by atoms with Crippen molar-refractivity contribution in [2.24, 2.45) is 0 Å². The quantitative estimate of drug-likeness (QED) is 0.456. The molecular weight excluding hydrogens is 480 g/mol. The normalized spacial score (nSPS) is 17.3. The first-order chi connectivity index (χ1) is 15.2. The number of phenols is 1. The summed E-state index contributed by atoms with van der Waals surface area (Å²) in [5.74, 6) is -0.723. The van der Waals surface area contributed by atoms with Crippen molar-refractivity contribution in [1.82, 2.24) is 10.2 Å². The molecule has 1 heterocycles. The Morgan fingerprint density at radius 2 is 1.62 bits per heavy atom. The maximum atomic E-state index is 12.6. The lowest BCUT2D eigenvalue weighted by Crippen LogP contribution is -2.53. The first-order valence-corrected chi connectivity index (χ1v) is 11.2. The zero-order valence-corrected chi connectivity index (χ0v) is 19.2. The summed E-state index contributed by atoms with van der Waals surface area (Å²) < 4.78 is 6.75. The lowest BCUT2D eigenvalue weighted by atomic mass is 10.0. The maximum absolute atomic E-state index is 12.6. The van der Waals surface area contributed by atoms with Gasteiger partial charge < -0.3 is 30.3 Å². The van der Waals surface area contributed by atoms with Crippen molar-refractivity contribution in [2.45, 2.75) is 44.1 Å². The summed E-state index contributed by atoms with van der Waals surface area (Å²) in [4.78, 5) is 26.4. The molecule has 172 valence electrons. The van der Waals surface area contributed by atoms with Crippen LogP contribution in [0.25, 0.3) is 0 Å². The molecule has 2 aromatic rings. The topological polar surface area (TPSA) is 119 Å². The number of halogens is 1. The number of ether oxygens (including phenoxy) is 1. The van der Waals surface area contributed by atoms with E-state index in [9.17, 15) is 24.9 Å². The highest BCUT2D eigenvalue weighted by atomic mass is 79.9. The van der Waals surface area contributed by atoms with Crippen LogP contribution in [0.1, 0.15) is 31.4 Å². The van der Waals surface area contributed by atoms with Crippen LogP contribution < -0.4 is 10.1 Å². The van der Waals surface area contributed by atoms with Crippen molar-refractivity contribution in [2.75, 3.05) is 13.1 Å². The van der Waals surface area contributed by atoms with Crippen molar-refractivity contribution in [1.29, 1.82) is 0 Å². The van der Waals surface area contributed by atoms with Gasteiger partial charge in [-0.1, -0.05) is 28.1 Å². The average Bonchev–Trinajstić information content (AvgIpc) is 2.80.